The largest absolute Gasteiger partial charge is 0.325 e. The summed E-state index contributed by atoms with van der Waals surface area (Å²) in [5, 5.41) is 2.85. The highest BCUT2D eigenvalue weighted by molar-refractivity contribution is 7.89. The van der Waals surface area contributed by atoms with Gasteiger partial charge in [0.15, 0.2) is 0 Å². The first kappa shape index (κ1) is 23.1. The van der Waals surface area contributed by atoms with Gasteiger partial charge in [0.1, 0.15) is 0 Å². The molecule has 0 aliphatic heterocycles. The highest BCUT2D eigenvalue weighted by Gasteiger charge is 2.21. The van der Waals surface area contributed by atoms with Crippen LogP contribution in [0.4, 0.5) is 5.69 Å². The van der Waals surface area contributed by atoms with Crippen LogP contribution in [0.25, 0.3) is 0 Å². The van der Waals surface area contributed by atoms with Gasteiger partial charge in [0.2, 0.25) is 15.9 Å². The van der Waals surface area contributed by atoms with Crippen molar-refractivity contribution in [2.24, 2.45) is 0 Å². The molecular formula is C22H31N3O3S. The Morgan fingerprint density at radius 1 is 0.931 bits per heavy atom. The number of amides is 1. The smallest absolute Gasteiger partial charge is 0.243 e. The van der Waals surface area contributed by atoms with Gasteiger partial charge in [0, 0.05) is 19.3 Å². The summed E-state index contributed by atoms with van der Waals surface area (Å²) in [5.74, 6) is -0.0938. The van der Waals surface area contributed by atoms with E-state index in [0.717, 1.165) is 31.5 Å². The maximum Gasteiger partial charge on any atom is 0.243 e. The fraction of sp³-hybridized carbons (Fsp3) is 0.409. The third-order valence-corrected chi connectivity index (χ3v) is 6.36. The lowest BCUT2D eigenvalue weighted by Crippen LogP contribution is -2.34. The fourth-order valence-electron chi connectivity index (χ4n) is 3.12. The first-order valence-electron chi connectivity index (χ1n) is 9.99. The van der Waals surface area contributed by atoms with Gasteiger partial charge in [-0.3, -0.25) is 9.69 Å². The van der Waals surface area contributed by atoms with E-state index in [1.807, 2.05) is 30.3 Å². The Labute approximate surface area is 174 Å². The molecule has 0 unspecified atom stereocenters. The first-order valence-corrected chi connectivity index (χ1v) is 11.4. The normalized spacial score (nSPS) is 11.8. The van der Waals surface area contributed by atoms with E-state index in [1.165, 1.54) is 16.4 Å². The van der Waals surface area contributed by atoms with Crippen LogP contribution in [-0.2, 0) is 21.4 Å². The number of carbonyl (C=O) groups excluding carboxylic acids is 1. The van der Waals surface area contributed by atoms with Crippen molar-refractivity contribution in [1.82, 2.24) is 9.21 Å². The van der Waals surface area contributed by atoms with Gasteiger partial charge < -0.3 is 5.32 Å². The molecule has 7 heteroatoms. The number of nitrogens with zero attached hydrogens (tertiary/aromatic N) is 2. The van der Waals surface area contributed by atoms with Crippen molar-refractivity contribution in [3.63, 3.8) is 0 Å². The summed E-state index contributed by atoms with van der Waals surface area (Å²) < 4.78 is 26.9. The van der Waals surface area contributed by atoms with Gasteiger partial charge in [0.25, 0.3) is 0 Å². The molecule has 0 radical (unpaired) electrons. The molecule has 0 atom stereocenters. The number of benzene rings is 2. The quantitative estimate of drug-likeness (QED) is 0.607. The van der Waals surface area contributed by atoms with Crippen LogP contribution in [0.15, 0.2) is 59.5 Å². The molecule has 0 saturated carbocycles. The number of rotatable bonds is 11. The fourth-order valence-corrected chi connectivity index (χ4v) is 4.28. The van der Waals surface area contributed by atoms with Gasteiger partial charge in [-0.25, -0.2) is 8.42 Å². The van der Waals surface area contributed by atoms with Crippen molar-refractivity contribution >= 4 is 21.6 Å². The molecule has 1 amide bonds. The maximum absolute atomic E-state index is 12.8. The molecule has 0 saturated heterocycles. The van der Waals surface area contributed by atoms with Gasteiger partial charge in [-0.05, 0) is 55.8 Å². The van der Waals surface area contributed by atoms with E-state index in [-0.39, 0.29) is 10.8 Å². The molecule has 2 rings (SSSR count). The Hall–Kier alpha value is -2.22. The monoisotopic (exact) mass is 417 g/mol. The third kappa shape index (κ3) is 6.96. The van der Waals surface area contributed by atoms with Crippen molar-refractivity contribution in [2.75, 3.05) is 32.0 Å². The minimum Gasteiger partial charge on any atom is -0.325 e. The van der Waals surface area contributed by atoms with Crippen LogP contribution in [-0.4, -0.2) is 50.2 Å². The van der Waals surface area contributed by atoms with E-state index in [4.69, 9.17) is 0 Å². The van der Waals surface area contributed by atoms with Crippen LogP contribution < -0.4 is 5.32 Å². The SMILES string of the molecule is CCCN(CCC)CC(=O)Nc1ccc(S(=O)(=O)N(C)Cc2ccccc2)cc1. The predicted octanol–water partition coefficient (Wildman–Crippen LogP) is 3.57. The number of sulfonamides is 1. The molecule has 158 valence electrons. The Morgan fingerprint density at radius 3 is 2.07 bits per heavy atom. The Kier molecular flexibility index (Phi) is 8.82. The van der Waals surface area contributed by atoms with E-state index < -0.39 is 10.0 Å². The highest BCUT2D eigenvalue weighted by atomic mass is 32.2. The van der Waals surface area contributed by atoms with Crippen LogP contribution in [0.1, 0.15) is 32.3 Å². The molecule has 0 fully saturated rings. The van der Waals surface area contributed by atoms with Crippen LogP contribution in [0.3, 0.4) is 0 Å². The Morgan fingerprint density at radius 2 is 1.52 bits per heavy atom. The highest BCUT2D eigenvalue weighted by Crippen LogP contribution is 2.19. The minimum atomic E-state index is -3.60. The van der Waals surface area contributed by atoms with Crippen molar-refractivity contribution in [3.8, 4) is 0 Å². The van der Waals surface area contributed by atoms with Gasteiger partial charge in [0.05, 0.1) is 11.4 Å². The molecule has 0 bridgehead atoms. The lowest BCUT2D eigenvalue weighted by atomic mass is 10.2. The Bertz CT molecular complexity index is 862. The summed E-state index contributed by atoms with van der Waals surface area (Å²) in [6.45, 7) is 6.58. The second kappa shape index (κ2) is 11.1. The van der Waals surface area contributed by atoms with E-state index in [0.29, 0.717) is 18.8 Å². The zero-order valence-corrected chi connectivity index (χ0v) is 18.3. The average molecular weight is 418 g/mol. The molecule has 2 aromatic carbocycles. The molecule has 0 spiro atoms. The van der Waals surface area contributed by atoms with E-state index >= 15 is 0 Å². The molecule has 2 aromatic rings. The Balaban J connectivity index is 2.00. The van der Waals surface area contributed by atoms with Crippen LogP contribution >= 0.6 is 0 Å². The van der Waals surface area contributed by atoms with Gasteiger partial charge in [-0.1, -0.05) is 44.2 Å². The second-order valence-electron chi connectivity index (χ2n) is 7.10. The number of nitrogens with one attached hydrogen (secondary N) is 1. The van der Waals surface area contributed by atoms with Gasteiger partial charge in [-0.15, -0.1) is 0 Å². The topological polar surface area (TPSA) is 69.7 Å². The maximum atomic E-state index is 12.8. The molecule has 0 aliphatic rings. The van der Waals surface area contributed by atoms with Crippen molar-refractivity contribution in [2.45, 2.75) is 38.1 Å². The lowest BCUT2D eigenvalue weighted by molar-refractivity contribution is -0.117. The van der Waals surface area contributed by atoms with Crippen molar-refractivity contribution in [1.29, 1.82) is 0 Å². The molecule has 0 aromatic heterocycles. The molecular weight excluding hydrogens is 386 g/mol. The van der Waals surface area contributed by atoms with Crippen molar-refractivity contribution < 1.29 is 13.2 Å². The number of hydrogen-bond acceptors (Lipinski definition) is 4. The summed E-state index contributed by atoms with van der Waals surface area (Å²) in [6.07, 6.45) is 1.99. The van der Waals surface area contributed by atoms with E-state index in [2.05, 4.69) is 24.1 Å². The zero-order valence-electron chi connectivity index (χ0n) is 17.5. The molecule has 1 N–H and O–H groups in total. The molecule has 0 heterocycles. The molecule has 6 nitrogen and oxygen atoms in total. The number of carbonyl (C=O) groups is 1. The summed E-state index contributed by atoms with van der Waals surface area (Å²) >= 11 is 0. The standard InChI is InChI=1S/C22H31N3O3S/c1-4-15-25(16-5-2)18-22(26)23-20-11-13-21(14-12-20)29(27,28)24(3)17-19-9-7-6-8-10-19/h6-14H,4-5,15-18H2,1-3H3,(H,23,26). The summed E-state index contributed by atoms with van der Waals surface area (Å²) in [4.78, 5) is 14.6. The number of anilines is 1. The summed E-state index contributed by atoms with van der Waals surface area (Å²) in [7, 11) is -2.04. The van der Waals surface area contributed by atoms with Gasteiger partial charge >= 0.3 is 0 Å². The van der Waals surface area contributed by atoms with E-state index in [1.54, 1.807) is 19.2 Å². The van der Waals surface area contributed by atoms with Crippen LogP contribution in [0.5, 0.6) is 0 Å². The summed E-state index contributed by atoms with van der Waals surface area (Å²) in [6, 6.07) is 15.8. The van der Waals surface area contributed by atoms with E-state index in [9.17, 15) is 13.2 Å². The molecule has 0 aliphatic carbocycles. The van der Waals surface area contributed by atoms with Gasteiger partial charge in [-0.2, -0.15) is 4.31 Å². The first-order chi connectivity index (χ1) is 13.9. The third-order valence-electron chi connectivity index (χ3n) is 4.54. The van der Waals surface area contributed by atoms with Crippen molar-refractivity contribution in [3.05, 3.63) is 60.2 Å². The second-order valence-corrected chi connectivity index (χ2v) is 9.14. The molecule has 29 heavy (non-hydrogen) atoms. The lowest BCUT2D eigenvalue weighted by Gasteiger charge is -2.20. The van der Waals surface area contributed by atoms with Crippen LogP contribution in [0.2, 0.25) is 0 Å². The minimum absolute atomic E-state index is 0.0938. The predicted molar refractivity (Wildman–Crippen MR) is 117 cm³/mol. The number of hydrogen-bond donors (Lipinski definition) is 1. The average Bonchev–Trinajstić information content (AvgIpc) is 2.69. The van der Waals surface area contributed by atoms with Crippen LogP contribution in [0, 0.1) is 0 Å². The zero-order chi connectivity index (χ0) is 21.3. The summed E-state index contributed by atoms with van der Waals surface area (Å²) in [5.41, 5.74) is 1.51.